The number of hydroxylamine groups is 1. The van der Waals surface area contributed by atoms with Gasteiger partial charge in [-0.3, -0.25) is 9.63 Å². The highest BCUT2D eigenvalue weighted by Gasteiger charge is 2.25. The number of aliphatic hydroxyl groups excluding tert-OH is 1. The summed E-state index contributed by atoms with van der Waals surface area (Å²) in [4.78, 5) is 53.0. The molecule has 0 fully saturated rings. The van der Waals surface area contributed by atoms with Gasteiger partial charge in [-0.05, 0) is 11.1 Å². The summed E-state index contributed by atoms with van der Waals surface area (Å²) in [7, 11) is 1.11. The summed E-state index contributed by atoms with van der Waals surface area (Å²) >= 11 is 0. The summed E-state index contributed by atoms with van der Waals surface area (Å²) in [6, 6.07) is 15.1. The third-order valence-electron chi connectivity index (χ3n) is 4.42. The van der Waals surface area contributed by atoms with Crippen molar-refractivity contribution in [2.45, 2.75) is 25.3 Å². The third kappa shape index (κ3) is 10.1. The number of amides is 3. The number of alkyl carbamates (subject to hydrolysis) is 2. The topological polar surface area (TPSA) is 162 Å². The maximum Gasteiger partial charge on any atom is 0.408 e. The van der Waals surface area contributed by atoms with Crippen molar-refractivity contribution >= 4 is 24.1 Å². The van der Waals surface area contributed by atoms with Crippen LogP contribution in [0.2, 0.25) is 0 Å². The molecule has 2 rings (SSSR count). The Morgan fingerprint density at radius 2 is 1.29 bits per heavy atom. The molecule has 12 heteroatoms. The molecular weight excluding hydrogens is 462 g/mol. The highest BCUT2D eigenvalue weighted by atomic mass is 16.7. The molecule has 12 nitrogen and oxygen atoms in total. The molecule has 0 heterocycles. The zero-order valence-corrected chi connectivity index (χ0v) is 19.0. The summed E-state index contributed by atoms with van der Waals surface area (Å²) < 4.78 is 14.6. The minimum absolute atomic E-state index is 0.0254. The van der Waals surface area contributed by atoms with Crippen LogP contribution in [-0.4, -0.2) is 61.6 Å². The first kappa shape index (κ1) is 27.1. The monoisotopic (exact) mass is 489 g/mol. The van der Waals surface area contributed by atoms with Crippen LogP contribution in [0.5, 0.6) is 0 Å². The lowest BCUT2D eigenvalue weighted by atomic mass is 10.2. The van der Waals surface area contributed by atoms with Crippen LogP contribution in [0.15, 0.2) is 60.7 Å². The summed E-state index contributed by atoms with van der Waals surface area (Å²) in [5.41, 5.74) is 3.46. The van der Waals surface area contributed by atoms with Crippen LogP contribution in [0.3, 0.4) is 0 Å². The Bertz CT molecular complexity index is 957. The lowest BCUT2D eigenvalue weighted by molar-refractivity contribution is -0.149. The van der Waals surface area contributed by atoms with Crippen LogP contribution in [-0.2, 0) is 41.9 Å². The van der Waals surface area contributed by atoms with Crippen LogP contribution >= 0.6 is 0 Å². The van der Waals surface area contributed by atoms with Crippen molar-refractivity contribution in [1.82, 2.24) is 16.1 Å². The van der Waals surface area contributed by atoms with Gasteiger partial charge in [0.1, 0.15) is 25.9 Å². The molecule has 0 saturated heterocycles. The average molecular weight is 489 g/mol. The first-order chi connectivity index (χ1) is 16.9. The van der Waals surface area contributed by atoms with Gasteiger partial charge in [0.05, 0.1) is 13.7 Å². The summed E-state index contributed by atoms with van der Waals surface area (Å²) in [6.45, 7) is -1.33. The number of ether oxygens (including phenoxy) is 3. The van der Waals surface area contributed by atoms with E-state index in [1.165, 1.54) is 0 Å². The van der Waals surface area contributed by atoms with Gasteiger partial charge in [-0.25, -0.2) is 19.9 Å². The normalized spacial score (nSPS) is 11.9. The SMILES string of the molecule is COC(=O)C(CONC(=O)[C@H](CO)NC(=O)OCc1ccccc1)NC(=O)OCc1ccccc1. The molecule has 2 atom stereocenters. The molecule has 2 aromatic carbocycles. The maximum atomic E-state index is 12.2. The van der Waals surface area contributed by atoms with Crippen LogP contribution in [0.1, 0.15) is 11.1 Å². The van der Waals surface area contributed by atoms with Gasteiger partial charge in [0.15, 0.2) is 6.04 Å². The van der Waals surface area contributed by atoms with E-state index in [2.05, 4.69) is 15.4 Å². The fourth-order valence-corrected chi connectivity index (χ4v) is 2.59. The minimum Gasteiger partial charge on any atom is -0.467 e. The molecule has 0 saturated carbocycles. The van der Waals surface area contributed by atoms with Gasteiger partial charge in [0.2, 0.25) is 0 Å². The molecule has 35 heavy (non-hydrogen) atoms. The quantitative estimate of drug-likeness (QED) is 0.192. The van der Waals surface area contributed by atoms with Gasteiger partial charge in [-0.1, -0.05) is 60.7 Å². The predicted molar refractivity (Wildman–Crippen MR) is 120 cm³/mol. The van der Waals surface area contributed by atoms with E-state index in [0.717, 1.165) is 18.2 Å². The number of hydrogen-bond acceptors (Lipinski definition) is 9. The summed E-state index contributed by atoms with van der Waals surface area (Å²) in [5.74, 6) is -1.77. The van der Waals surface area contributed by atoms with Crippen LogP contribution in [0, 0.1) is 0 Å². The predicted octanol–water partition coefficient (Wildman–Crippen LogP) is 0.790. The molecule has 0 spiro atoms. The van der Waals surface area contributed by atoms with E-state index >= 15 is 0 Å². The van der Waals surface area contributed by atoms with E-state index in [4.69, 9.17) is 14.3 Å². The van der Waals surface area contributed by atoms with Crippen molar-refractivity contribution in [3.63, 3.8) is 0 Å². The highest BCUT2D eigenvalue weighted by Crippen LogP contribution is 2.02. The van der Waals surface area contributed by atoms with Crippen LogP contribution < -0.4 is 16.1 Å². The lowest BCUT2D eigenvalue weighted by Gasteiger charge is -2.18. The van der Waals surface area contributed by atoms with Gasteiger partial charge >= 0.3 is 18.2 Å². The van der Waals surface area contributed by atoms with E-state index in [-0.39, 0.29) is 13.2 Å². The van der Waals surface area contributed by atoms with Gasteiger partial charge in [0, 0.05) is 0 Å². The van der Waals surface area contributed by atoms with E-state index < -0.39 is 49.4 Å². The number of nitrogens with one attached hydrogen (secondary N) is 3. The Balaban J connectivity index is 1.76. The number of carbonyl (C=O) groups excluding carboxylic acids is 4. The van der Waals surface area contributed by atoms with Crippen molar-refractivity contribution in [1.29, 1.82) is 0 Å². The molecule has 0 radical (unpaired) electrons. The smallest absolute Gasteiger partial charge is 0.408 e. The van der Waals surface area contributed by atoms with E-state index in [0.29, 0.717) is 0 Å². The molecule has 1 unspecified atom stereocenters. The number of methoxy groups -OCH3 is 1. The van der Waals surface area contributed by atoms with Crippen molar-refractivity contribution in [2.75, 3.05) is 20.3 Å². The van der Waals surface area contributed by atoms with Crippen molar-refractivity contribution < 1.29 is 43.3 Å². The van der Waals surface area contributed by atoms with Crippen LogP contribution in [0.4, 0.5) is 9.59 Å². The Kier molecular flexibility index (Phi) is 11.5. The second kappa shape index (κ2) is 14.9. The van der Waals surface area contributed by atoms with Gasteiger partial charge in [0.25, 0.3) is 5.91 Å². The minimum atomic E-state index is -1.39. The Morgan fingerprint density at radius 1 is 0.800 bits per heavy atom. The van der Waals surface area contributed by atoms with E-state index in [9.17, 15) is 24.3 Å². The molecule has 4 N–H and O–H groups in total. The largest absolute Gasteiger partial charge is 0.467 e. The standard InChI is InChI=1S/C23H27N3O9/c1-32-21(29)19(25-23(31)34-14-17-10-6-3-7-11-17)15-35-26-20(28)18(12-27)24-22(30)33-13-16-8-4-2-5-9-16/h2-11,18-19,27H,12-15H2,1H3,(H,24,30)(H,25,31)(H,26,28)/t18-,19?/m0/s1. The summed E-state index contributed by atoms with van der Waals surface area (Å²) in [6.07, 6.45) is -1.84. The fraction of sp³-hybridized carbons (Fsp3) is 0.304. The van der Waals surface area contributed by atoms with Crippen molar-refractivity contribution in [3.05, 3.63) is 71.8 Å². The number of esters is 1. The average Bonchev–Trinajstić information content (AvgIpc) is 2.89. The number of hydrogen-bond donors (Lipinski definition) is 4. The third-order valence-corrected chi connectivity index (χ3v) is 4.42. The number of aliphatic hydroxyl groups is 1. The maximum absolute atomic E-state index is 12.2. The van der Waals surface area contributed by atoms with Gasteiger partial charge in [-0.2, -0.15) is 0 Å². The van der Waals surface area contributed by atoms with E-state index in [1.807, 2.05) is 17.6 Å². The van der Waals surface area contributed by atoms with Gasteiger partial charge < -0.3 is 30.0 Å². The molecule has 2 aromatic rings. The Morgan fingerprint density at radius 3 is 1.74 bits per heavy atom. The molecule has 0 aromatic heterocycles. The zero-order valence-electron chi connectivity index (χ0n) is 19.0. The van der Waals surface area contributed by atoms with Crippen molar-refractivity contribution in [3.8, 4) is 0 Å². The highest BCUT2D eigenvalue weighted by molar-refractivity contribution is 5.85. The molecule has 0 aliphatic rings. The van der Waals surface area contributed by atoms with Crippen LogP contribution in [0.25, 0.3) is 0 Å². The number of rotatable bonds is 12. The first-order valence-electron chi connectivity index (χ1n) is 10.5. The summed E-state index contributed by atoms with van der Waals surface area (Å²) in [5, 5.41) is 13.9. The second-order valence-corrected chi connectivity index (χ2v) is 7.00. The molecule has 3 amide bonds. The zero-order chi connectivity index (χ0) is 25.5. The second-order valence-electron chi connectivity index (χ2n) is 7.00. The van der Waals surface area contributed by atoms with Gasteiger partial charge in [-0.15, -0.1) is 0 Å². The lowest BCUT2D eigenvalue weighted by Crippen LogP contribution is -2.51. The fourth-order valence-electron chi connectivity index (χ4n) is 2.59. The Labute approximate surface area is 201 Å². The van der Waals surface area contributed by atoms with Crippen molar-refractivity contribution in [2.24, 2.45) is 0 Å². The Hall–Kier alpha value is -4.16. The van der Waals surface area contributed by atoms with E-state index in [1.54, 1.807) is 48.5 Å². The molecule has 0 bridgehead atoms. The molecular formula is C23H27N3O9. The molecule has 188 valence electrons. The number of benzene rings is 2. The molecule has 0 aliphatic carbocycles. The molecule has 0 aliphatic heterocycles. The number of carbonyl (C=O) groups is 4. The first-order valence-corrected chi connectivity index (χ1v) is 10.5.